The van der Waals surface area contributed by atoms with Crippen LogP contribution in [-0.4, -0.2) is 37.0 Å². The monoisotopic (exact) mass is 292 g/mol. The number of rotatable bonds is 7. The van der Waals surface area contributed by atoms with Crippen molar-refractivity contribution in [2.45, 2.75) is 46.8 Å². The first-order valence-corrected chi connectivity index (χ1v) is 7.67. The molecule has 118 valence electrons. The second-order valence-electron chi connectivity index (χ2n) is 5.32. The fourth-order valence-corrected chi connectivity index (χ4v) is 2.30. The Morgan fingerprint density at radius 2 is 1.90 bits per heavy atom. The van der Waals surface area contributed by atoms with Gasteiger partial charge in [-0.25, -0.2) is 0 Å². The van der Waals surface area contributed by atoms with Crippen molar-refractivity contribution in [3.05, 3.63) is 29.3 Å². The topological polar surface area (TPSA) is 41.6 Å². The second-order valence-corrected chi connectivity index (χ2v) is 5.32. The van der Waals surface area contributed by atoms with Gasteiger partial charge in [0.2, 0.25) is 0 Å². The number of likely N-dealkylation sites (N-methyl/N-ethyl adjacent to an activating group) is 1. The van der Waals surface area contributed by atoms with Crippen molar-refractivity contribution in [1.82, 2.24) is 10.2 Å². The number of ether oxygens (including phenoxy) is 1. The number of nitrogens with one attached hydrogen (secondary N) is 1. The van der Waals surface area contributed by atoms with Gasteiger partial charge < -0.3 is 15.0 Å². The van der Waals surface area contributed by atoms with Gasteiger partial charge in [-0.15, -0.1) is 0 Å². The molecule has 0 saturated heterocycles. The van der Waals surface area contributed by atoms with Gasteiger partial charge in [0.05, 0.1) is 0 Å². The van der Waals surface area contributed by atoms with E-state index in [9.17, 15) is 4.79 Å². The Bertz CT molecular complexity index is 470. The van der Waals surface area contributed by atoms with Crippen LogP contribution in [0.25, 0.3) is 0 Å². The Kier molecular flexibility index (Phi) is 6.69. The standard InChI is InChI=1S/C17H28N2O2/c1-7-19(8-2)17(20)14(5)21-16-10-9-12(3)11-15(16)13(4)18-6/h9-11,13-14,18H,7-8H2,1-6H3. The molecule has 1 aromatic rings. The zero-order chi connectivity index (χ0) is 16.0. The smallest absolute Gasteiger partial charge is 0.263 e. The number of hydrogen-bond donors (Lipinski definition) is 1. The second kappa shape index (κ2) is 8.03. The predicted octanol–water partition coefficient (Wildman–Crippen LogP) is 2.91. The van der Waals surface area contributed by atoms with Crippen LogP contribution in [0.2, 0.25) is 0 Å². The van der Waals surface area contributed by atoms with Crippen molar-refractivity contribution in [2.24, 2.45) is 0 Å². The zero-order valence-corrected chi connectivity index (χ0v) is 14.1. The van der Waals surface area contributed by atoms with Crippen LogP contribution in [0, 0.1) is 6.92 Å². The highest BCUT2D eigenvalue weighted by molar-refractivity contribution is 5.80. The molecule has 0 heterocycles. The third-order valence-electron chi connectivity index (χ3n) is 3.79. The molecule has 1 aromatic carbocycles. The fourth-order valence-electron chi connectivity index (χ4n) is 2.30. The molecule has 2 unspecified atom stereocenters. The molecule has 4 heteroatoms. The minimum absolute atomic E-state index is 0.0311. The number of carbonyl (C=O) groups is 1. The maximum atomic E-state index is 12.3. The molecule has 0 radical (unpaired) electrons. The molecule has 1 rings (SSSR count). The van der Waals surface area contributed by atoms with E-state index in [0.717, 1.165) is 11.3 Å². The van der Waals surface area contributed by atoms with Gasteiger partial charge in [0.25, 0.3) is 5.91 Å². The quantitative estimate of drug-likeness (QED) is 0.840. The molecule has 0 aromatic heterocycles. The molecular formula is C17H28N2O2. The predicted molar refractivity (Wildman–Crippen MR) is 86.7 cm³/mol. The summed E-state index contributed by atoms with van der Waals surface area (Å²) in [6, 6.07) is 6.24. The first-order valence-electron chi connectivity index (χ1n) is 7.67. The van der Waals surface area contributed by atoms with Gasteiger partial charge in [0.15, 0.2) is 6.10 Å². The van der Waals surface area contributed by atoms with E-state index in [2.05, 4.69) is 25.2 Å². The highest BCUT2D eigenvalue weighted by Crippen LogP contribution is 2.27. The summed E-state index contributed by atoms with van der Waals surface area (Å²) in [6.45, 7) is 11.3. The number of nitrogens with zero attached hydrogens (tertiary/aromatic N) is 1. The lowest BCUT2D eigenvalue weighted by Crippen LogP contribution is -2.40. The molecule has 0 aliphatic carbocycles. The molecular weight excluding hydrogens is 264 g/mol. The summed E-state index contributed by atoms with van der Waals surface area (Å²) < 4.78 is 5.94. The van der Waals surface area contributed by atoms with Crippen LogP contribution < -0.4 is 10.1 Å². The van der Waals surface area contributed by atoms with Gasteiger partial charge >= 0.3 is 0 Å². The highest BCUT2D eigenvalue weighted by Gasteiger charge is 2.21. The van der Waals surface area contributed by atoms with E-state index in [1.807, 2.05) is 40.0 Å². The first-order chi connectivity index (χ1) is 9.94. The summed E-state index contributed by atoms with van der Waals surface area (Å²) in [4.78, 5) is 14.1. The van der Waals surface area contributed by atoms with E-state index in [-0.39, 0.29) is 11.9 Å². The zero-order valence-electron chi connectivity index (χ0n) is 14.1. The molecule has 21 heavy (non-hydrogen) atoms. The van der Waals surface area contributed by atoms with Crippen molar-refractivity contribution >= 4 is 5.91 Å². The lowest BCUT2D eigenvalue weighted by molar-refractivity contribution is -0.137. The highest BCUT2D eigenvalue weighted by atomic mass is 16.5. The molecule has 0 bridgehead atoms. The molecule has 4 nitrogen and oxygen atoms in total. The third-order valence-corrected chi connectivity index (χ3v) is 3.79. The molecule has 1 N–H and O–H groups in total. The SMILES string of the molecule is CCN(CC)C(=O)C(C)Oc1ccc(C)cc1C(C)NC. The average Bonchev–Trinajstić information content (AvgIpc) is 2.49. The first kappa shape index (κ1) is 17.5. The molecule has 0 aliphatic rings. The van der Waals surface area contributed by atoms with E-state index in [4.69, 9.17) is 4.74 Å². The van der Waals surface area contributed by atoms with Crippen LogP contribution in [0.1, 0.15) is 44.9 Å². The minimum atomic E-state index is -0.476. The molecule has 0 aliphatic heterocycles. The summed E-state index contributed by atoms with van der Waals surface area (Å²) in [5.41, 5.74) is 2.26. The number of hydrogen-bond acceptors (Lipinski definition) is 3. The number of carbonyl (C=O) groups excluding carboxylic acids is 1. The molecule has 0 spiro atoms. The summed E-state index contributed by atoms with van der Waals surface area (Å²) in [7, 11) is 1.92. The van der Waals surface area contributed by atoms with Gasteiger partial charge in [0, 0.05) is 24.7 Å². The molecule has 0 fully saturated rings. The Labute approximate surface area is 128 Å². The maximum absolute atomic E-state index is 12.3. The lowest BCUT2D eigenvalue weighted by atomic mass is 10.0. The van der Waals surface area contributed by atoms with Crippen molar-refractivity contribution in [1.29, 1.82) is 0 Å². The Hall–Kier alpha value is -1.55. The van der Waals surface area contributed by atoms with Crippen LogP contribution in [0.5, 0.6) is 5.75 Å². The van der Waals surface area contributed by atoms with Gasteiger partial charge in [-0.1, -0.05) is 17.7 Å². The van der Waals surface area contributed by atoms with E-state index in [0.29, 0.717) is 13.1 Å². The van der Waals surface area contributed by atoms with E-state index in [1.165, 1.54) is 5.56 Å². The molecule has 1 amide bonds. The summed E-state index contributed by atoms with van der Waals surface area (Å²) in [6.07, 6.45) is -0.476. The summed E-state index contributed by atoms with van der Waals surface area (Å²) in [5, 5.41) is 3.22. The Morgan fingerprint density at radius 3 is 2.43 bits per heavy atom. The molecule has 2 atom stereocenters. The average molecular weight is 292 g/mol. The van der Waals surface area contributed by atoms with Crippen LogP contribution in [0.4, 0.5) is 0 Å². The van der Waals surface area contributed by atoms with E-state index >= 15 is 0 Å². The largest absolute Gasteiger partial charge is 0.481 e. The number of aryl methyl sites for hydroxylation is 1. The Balaban J connectivity index is 2.94. The van der Waals surface area contributed by atoms with Gasteiger partial charge in [-0.3, -0.25) is 4.79 Å². The van der Waals surface area contributed by atoms with Gasteiger partial charge in [-0.2, -0.15) is 0 Å². The lowest BCUT2D eigenvalue weighted by Gasteiger charge is -2.25. The minimum Gasteiger partial charge on any atom is -0.481 e. The molecule has 0 saturated carbocycles. The normalized spacial score (nSPS) is 13.6. The van der Waals surface area contributed by atoms with Crippen molar-refractivity contribution in [2.75, 3.05) is 20.1 Å². The van der Waals surface area contributed by atoms with E-state index < -0.39 is 6.10 Å². The maximum Gasteiger partial charge on any atom is 0.263 e. The van der Waals surface area contributed by atoms with Crippen LogP contribution in [0.15, 0.2) is 18.2 Å². The van der Waals surface area contributed by atoms with Crippen LogP contribution in [0.3, 0.4) is 0 Å². The number of amides is 1. The van der Waals surface area contributed by atoms with Gasteiger partial charge in [-0.05, 0) is 47.7 Å². The summed E-state index contributed by atoms with van der Waals surface area (Å²) >= 11 is 0. The van der Waals surface area contributed by atoms with Crippen LogP contribution in [-0.2, 0) is 4.79 Å². The third kappa shape index (κ3) is 4.46. The Morgan fingerprint density at radius 1 is 1.29 bits per heavy atom. The van der Waals surface area contributed by atoms with Crippen LogP contribution >= 0.6 is 0 Å². The van der Waals surface area contributed by atoms with E-state index in [1.54, 1.807) is 4.90 Å². The fraction of sp³-hybridized carbons (Fsp3) is 0.588. The number of benzene rings is 1. The van der Waals surface area contributed by atoms with Gasteiger partial charge in [0.1, 0.15) is 5.75 Å². The van der Waals surface area contributed by atoms with Crippen molar-refractivity contribution in [3.63, 3.8) is 0 Å². The van der Waals surface area contributed by atoms with Crippen molar-refractivity contribution in [3.8, 4) is 5.75 Å². The van der Waals surface area contributed by atoms with Crippen molar-refractivity contribution < 1.29 is 9.53 Å². The summed E-state index contributed by atoms with van der Waals surface area (Å²) in [5.74, 6) is 0.805.